The van der Waals surface area contributed by atoms with Gasteiger partial charge in [-0.2, -0.15) is 0 Å². The molecule has 0 aliphatic heterocycles. The molecule has 5 nitrogen and oxygen atoms in total. The summed E-state index contributed by atoms with van der Waals surface area (Å²) in [6.45, 7) is 6.72. The highest BCUT2D eigenvalue weighted by Gasteiger charge is 2.22. The van der Waals surface area contributed by atoms with E-state index in [4.69, 9.17) is 4.74 Å². The molecule has 2 aromatic carbocycles. The van der Waals surface area contributed by atoms with Gasteiger partial charge in [0, 0.05) is 12.1 Å². The van der Waals surface area contributed by atoms with Gasteiger partial charge in [0.25, 0.3) is 5.91 Å². The minimum atomic E-state index is -0.125. The van der Waals surface area contributed by atoms with Crippen molar-refractivity contribution in [2.24, 2.45) is 5.92 Å². The predicted octanol–water partition coefficient (Wildman–Crippen LogP) is 4.58. The van der Waals surface area contributed by atoms with E-state index in [0.717, 1.165) is 16.1 Å². The Hall–Kier alpha value is -2.73. The van der Waals surface area contributed by atoms with Gasteiger partial charge in [0.1, 0.15) is 10.8 Å². The first-order valence-corrected chi connectivity index (χ1v) is 9.74. The third-order valence-electron chi connectivity index (χ3n) is 3.98. The van der Waals surface area contributed by atoms with Crippen LogP contribution in [0.25, 0.3) is 10.6 Å². The van der Waals surface area contributed by atoms with Crippen molar-refractivity contribution in [3.05, 3.63) is 60.2 Å². The number of hydrogen-bond donors (Lipinski definition) is 0. The van der Waals surface area contributed by atoms with E-state index in [-0.39, 0.29) is 12.5 Å². The number of carbonyl (C=O) groups excluding carboxylic acids is 1. The first kappa shape index (κ1) is 19.0. The zero-order valence-electron chi connectivity index (χ0n) is 15.8. The Morgan fingerprint density at radius 2 is 1.78 bits per heavy atom. The van der Waals surface area contributed by atoms with Crippen LogP contribution in [0.4, 0.5) is 5.13 Å². The van der Waals surface area contributed by atoms with Crippen LogP contribution >= 0.6 is 11.3 Å². The minimum absolute atomic E-state index is 0.0317. The fourth-order valence-corrected chi connectivity index (χ4v) is 3.60. The van der Waals surface area contributed by atoms with Gasteiger partial charge in [-0.25, -0.2) is 0 Å². The Balaban J connectivity index is 1.78. The summed E-state index contributed by atoms with van der Waals surface area (Å²) < 4.78 is 5.63. The molecular formula is C21H23N3O2S. The number of aryl methyl sites for hydroxylation is 1. The summed E-state index contributed by atoms with van der Waals surface area (Å²) >= 11 is 1.43. The van der Waals surface area contributed by atoms with Gasteiger partial charge in [0.15, 0.2) is 6.61 Å². The van der Waals surface area contributed by atoms with Crippen molar-refractivity contribution < 1.29 is 9.53 Å². The third-order valence-corrected chi connectivity index (χ3v) is 4.95. The first-order valence-electron chi connectivity index (χ1n) is 8.92. The zero-order chi connectivity index (χ0) is 19.2. The second kappa shape index (κ2) is 8.77. The van der Waals surface area contributed by atoms with Gasteiger partial charge in [-0.3, -0.25) is 9.69 Å². The Labute approximate surface area is 163 Å². The number of rotatable bonds is 7. The molecule has 1 heterocycles. The van der Waals surface area contributed by atoms with Gasteiger partial charge < -0.3 is 4.74 Å². The molecule has 0 spiro atoms. The molecule has 0 aliphatic carbocycles. The Bertz CT molecular complexity index is 893. The highest BCUT2D eigenvalue weighted by atomic mass is 32.1. The van der Waals surface area contributed by atoms with E-state index in [9.17, 15) is 4.79 Å². The molecule has 0 radical (unpaired) electrons. The SMILES string of the molecule is Cc1ccccc1-c1nnc(N(CC(C)C)C(=O)COc2ccccc2)s1. The summed E-state index contributed by atoms with van der Waals surface area (Å²) in [4.78, 5) is 14.5. The van der Waals surface area contributed by atoms with Crippen molar-refractivity contribution in [3.8, 4) is 16.3 Å². The summed E-state index contributed by atoms with van der Waals surface area (Å²) in [5.41, 5.74) is 2.17. The molecule has 3 aromatic rings. The number of aromatic nitrogens is 2. The van der Waals surface area contributed by atoms with Crippen molar-refractivity contribution in [2.75, 3.05) is 18.1 Å². The van der Waals surface area contributed by atoms with E-state index in [1.807, 2.05) is 61.5 Å². The standard InChI is InChI=1S/C21H23N3O2S/c1-15(2)13-24(19(25)14-26-17-10-5-4-6-11-17)21-23-22-20(27-21)18-12-8-7-9-16(18)3/h4-12,15H,13-14H2,1-3H3. The van der Waals surface area contributed by atoms with Crippen molar-refractivity contribution in [3.63, 3.8) is 0 Å². The molecular weight excluding hydrogens is 358 g/mol. The fraction of sp³-hybridized carbons (Fsp3) is 0.286. The Morgan fingerprint density at radius 1 is 1.07 bits per heavy atom. The van der Waals surface area contributed by atoms with Crippen molar-refractivity contribution in [2.45, 2.75) is 20.8 Å². The second-order valence-corrected chi connectivity index (χ2v) is 7.66. The maximum Gasteiger partial charge on any atom is 0.266 e. The lowest BCUT2D eigenvalue weighted by molar-refractivity contribution is -0.120. The third kappa shape index (κ3) is 4.92. The smallest absolute Gasteiger partial charge is 0.266 e. The van der Waals surface area contributed by atoms with Crippen LogP contribution in [0.15, 0.2) is 54.6 Å². The number of benzene rings is 2. The van der Waals surface area contributed by atoms with E-state index in [1.165, 1.54) is 11.3 Å². The molecule has 27 heavy (non-hydrogen) atoms. The molecule has 0 saturated carbocycles. The molecule has 0 N–H and O–H groups in total. The largest absolute Gasteiger partial charge is 0.484 e. The average molecular weight is 382 g/mol. The number of nitrogens with zero attached hydrogens (tertiary/aromatic N) is 3. The number of amides is 1. The quantitative estimate of drug-likeness (QED) is 0.601. The summed E-state index contributed by atoms with van der Waals surface area (Å²) in [6, 6.07) is 17.4. The summed E-state index contributed by atoms with van der Waals surface area (Å²) in [7, 11) is 0. The van der Waals surface area contributed by atoms with Gasteiger partial charge in [-0.1, -0.05) is 67.6 Å². The number of carbonyl (C=O) groups is 1. The van der Waals surface area contributed by atoms with Gasteiger partial charge in [0.05, 0.1) is 0 Å². The van der Waals surface area contributed by atoms with Gasteiger partial charge in [-0.15, -0.1) is 10.2 Å². The average Bonchev–Trinajstić information content (AvgIpc) is 3.15. The predicted molar refractivity (Wildman–Crippen MR) is 109 cm³/mol. The number of anilines is 1. The van der Waals surface area contributed by atoms with Crippen LogP contribution in [0.3, 0.4) is 0 Å². The van der Waals surface area contributed by atoms with Crippen molar-refractivity contribution in [1.29, 1.82) is 0 Å². The lowest BCUT2D eigenvalue weighted by Crippen LogP contribution is -2.37. The Morgan fingerprint density at radius 3 is 2.48 bits per heavy atom. The summed E-state index contributed by atoms with van der Waals surface area (Å²) in [5, 5.41) is 10.0. The molecule has 0 unspecified atom stereocenters. The zero-order valence-corrected chi connectivity index (χ0v) is 16.6. The molecule has 6 heteroatoms. The molecule has 0 aliphatic rings. The lowest BCUT2D eigenvalue weighted by Gasteiger charge is -2.21. The van der Waals surface area contributed by atoms with E-state index in [1.54, 1.807) is 4.90 Å². The van der Waals surface area contributed by atoms with Gasteiger partial charge >= 0.3 is 0 Å². The highest BCUT2D eigenvalue weighted by Crippen LogP contribution is 2.31. The lowest BCUT2D eigenvalue weighted by atomic mass is 10.1. The molecule has 3 rings (SSSR count). The van der Waals surface area contributed by atoms with Crippen LogP contribution in [0.1, 0.15) is 19.4 Å². The normalized spacial score (nSPS) is 10.8. The van der Waals surface area contributed by atoms with Crippen molar-refractivity contribution >= 4 is 22.4 Å². The van der Waals surface area contributed by atoms with E-state index in [0.29, 0.717) is 23.3 Å². The van der Waals surface area contributed by atoms with E-state index >= 15 is 0 Å². The number of ether oxygens (including phenoxy) is 1. The van der Waals surface area contributed by atoms with Crippen LogP contribution in [0.2, 0.25) is 0 Å². The number of para-hydroxylation sites is 1. The van der Waals surface area contributed by atoms with Crippen LogP contribution < -0.4 is 9.64 Å². The molecule has 0 fully saturated rings. The highest BCUT2D eigenvalue weighted by molar-refractivity contribution is 7.18. The first-order chi connectivity index (χ1) is 13.0. The van der Waals surface area contributed by atoms with E-state index < -0.39 is 0 Å². The minimum Gasteiger partial charge on any atom is -0.484 e. The second-order valence-electron chi connectivity index (χ2n) is 6.70. The maximum absolute atomic E-state index is 12.8. The maximum atomic E-state index is 12.8. The van der Waals surface area contributed by atoms with Crippen molar-refractivity contribution in [1.82, 2.24) is 10.2 Å². The van der Waals surface area contributed by atoms with Crippen LogP contribution in [-0.4, -0.2) is 29.3 Å². The topological polar surface area (TPSA) is 55.3 Å². The number of hydrogen-bond acceptors (Lipinski definition) is 5. The molecule has 1 aromatic heterocycles. The van der Waals surface area contributed by atoms with Crippen LogP contribution in [0, 0.1) is 12.8 Å². The van der Waals surface area contributed by atoms with Crippen LogP contribution in [0.5, 0.6) is 5.75 Å². The Kier molecular flexibility index (Phi) is 6.19. The van der Waals surface area contributed by atoms with Gasteiger partial charge in [-0.05, 0) is 30.5 Å². The summed E-state index contributed by atoms with van der Waals surface area (Å²) in [5.74, 6) is 0.852. The molecule has 0 saturated heterocycles. The van der Waals surface area contributed by atoms with Crippen LogP contribution in [-0.2, 0) is 4.79 Å². The molecule has 0 atom stereocenters. The van der Waals surface area contributed by atoms with Gasteiger partial charge in [0.2, 0.25) is 5.13 Å². The molecule has 1 amide bonds. The molecule has 0 bridgehead atoms. The molecule has 140 valence electrons. The summed E-state index contributed by atoms with van der Waals surface area (Å²) in [6.07, 6.45) is 0. The van der Waals surface area contributed by atoms with E-state index in [2.05, 4.69) is 24.0 Å². The monoisotopic (exact) mass is 381 g/mol. The fourth-order valence-electron chi connectivity index (χ4n) is 2.64.